The summed E-state index contributed by atoms with van der Waals surface area (Å²) in [5, 5.41) is 3.72. The summed E-state index contributed by atoms with van der Waals surface area (Å²) in [5.41, 5.74) is -0.430. The predicted molar refractivity (Wildman–Crippen MR) is 96.6 cm³/mol. The minimum atomic E-state index is -0.430. The molecule has 1 aliphatic carbocycles. The van der Waals surface area contributed by atoms with E-state index in [0.717, 1.165) is 24.9 Å². The third-order valence-corrected chi connectivity index (χ3v) is 4.70. The molecule has 3 atom stereocenters. The molecule has 0 heterocycles. The Balaban J connectivity index is 2.30. The van der Waals surface area contributed by atoms with E-state index in [9.17, 15) is 4.79 Å². The largest absolute Gasteiger partial charge is 0.444 e. The van der Waals surface area contributed by atoms with Crippen molar-refractivity contribution in [2.45, 2.75) is 78.9 Å². The first kappa shape index (κ1) is 20.3. The van der Waals surface area contributed by atoms with Gasteiger partial charge in [0.05, 0.1) is 0 Å². The summed E-state index contributed by atoms with van der Waals surface area (Å²) in [5.74, 6) is 2.07. The Bertz CT molecular complexity index is 363. The second kappa shape index (κ2) is 8.91. The first-order valence-corrected chi connectivity index (χ1v) is 9.26. The van der Waals surface area contributed by atoms with E-state index in [1.54, 1.807) is 4.90 Å². The van der Waals surface area contributed by atoms with E-state index in [1.807, 2.05) is 27.8 Å². The molecule has 1 rings (SSSR count). The molecule has 0 aliphatic heterocycles. The fourth-order valence-electron chi connectivity index (χ4n) is 3.33. The van der Waals surface area contributed by atoms with E-state index < -0.39 is 5.60 Å². The Morgan fingerprint density at radius 2 is 1.91 bits per heavy atom. The fourth-order valence-corrected chi connectivity index (χ4v) is 3.33. The monoisotopic (exact) mass is 326 g/mol. The van der Waals surface area contributed by atoms with Gasteiger partial charge in [0.25, 0.3) is 0 Å². The standard InChI is InChI=1S/C19H38N2O2/c1-14(2)16-9-8-10-17(11-16)20-12-15(3)13-21(7)18(22)23-19(4,5)6/h14-17,20H,8-13H2,1-7H3. The molecule has 0 saturated heterocycles. The van der Waals surface area contributed by atoms with Crippen LogP contribution in [0.1, 0.15) is 67.2 Å². The molecule has 4 nitrogen and oxygen atoms in total. The van der Waals surface area contributed by atoms with Gasteiger partial charge in [0.2, 0.25) is 0 Å². The van der Waals surface area contributed by atoms with Gasteiger partial charge in [-0.15, -0.1) is 0 Å². The molecule has 1 fully saturated rings. The number of nitrogens with one attached hydrogen (secondary N) is 1. The highest BCUT2D eigenvalue weighted by Gasteiger charge is 2.25. The SMILES string of the molecule is CC(CNC1CCCC(C(C)C)C1)CN(C)C(=O)OC(C)(C)C. The zero-order chi connectivity index (χ0) is 17.6. The molecule has 0 aromatic carbocycles. The van der Waals surface area contributed by atoms with Crippen LogP contribution in [0.4, 0.5) is 4.79 Å². The number of carbonyl (C=O) groups excluding carboxylic acids is 1. The molecular formula is C19H38N2O2. The van der Waals surface area contributed by atoms with Gasteiger partial charge in [-0.2, -0.15) is 0 Å². The van der Waals surface area contributed by atoms with Crippen molar-refractivity contribution in [2.75, 3.05) is 20.1 Å². The van der Waals surface area contributed by atoms with Crippen molar-refractivity contribution in [3.05, 3.63) is 0 Å². The second-order valence-electron chi connectivity index (χ2n) is 8.74. The van der Waals surface area contributed by atoms with Crippen LogP contribution in [0.15, 0.2) is 0 Å². The van der Waals surface area contributed by atoms with Crippen LogP contribution in [0.5, 0.6) is 0 Å². The maximum atomic E-state index is 12.0. The van der Waals surface area contributed by atoms with Gasteiger partial charge in [0.15, 0.2) is 0 Å². The molecule has 0 radical (unpaired) electrons. The van der Waals surface area contributed by atoms with Crippen molar-refractivity contribution in [2.24, 2.45) is 17.8 Å². The smallest absolute Gasteiger partial charge is 0.410 e. The van der Waals surface area contributed by atoms with Crippen LogP contribution in [0, 0.1) is 17.8 Å². The average molecular weight is 327 g/mol. The molecule has 0 aromatic heterocycles. The predicted octanol–water partition coefficient (Wildman–Crippen LogP) is 4.29. The Morgan fingerprint density at radius 3 is 2.48 bits per heavy atom. The molecule has 0 aromatic rings. The molecule has 4 heteroatoms. The normalized spacial score (nSPS) is 23.7. The van der Waals surface area contributed by atoms with Crippen molar-refractivity contribution >= 4 is 6.09 Å². The Hall–Kier alpha value is -0.770. The topological polar surface area (TPSA) is 41.6 Å². The minimum Gasteiger partial charge on any atom is -0.444 e. The van der Waals surface area contributed by atoms with Gasteiger partial charge in [-0.05, 0) is 57.9 Å². The molecule has 3 unspecified atom stereocenters. The summed E-state index contributed by atoms with van der Waals surface area (Å²) < 4.78 is 5.40. The van der Waals surface area contributed by atoms with Gasteiger partial charge in [0.1, 0.15) is 5.60 Å². The lowest BCUT2D eigenvalue weighted by Crippen LogP contribution is -2.41. The van der Waals surface area contributed by atoms with Crippen molar-refractivity contribution in [1.82, 2.24) is 10.2 Å². The molecule has 0 spiro atoms. The zero-order valence-corrected chi connectivity index (χ0v) is 16.3. The van der Waals surface area contributed by atoms with Gasteiger partial charge in [-0.25, -0.2) is 4.79 Å². The van der Waals surface area contributed by atoms with Gasteiger partial charge >= 0.3 is 6.09 Å². The van der Waals surface area contributed by atoms with Gasteiger partial charge < -0.3 is 15.0 Å². The Morgan fingerprint density at radius 1 is 1.26 bits per heavy atom. The maximum Gasteiger partial charge on any atom is 0.410 e. The number of carbonyl (C=O) groups is 1. The summed E-state index contributed by atoms with van der Waals surface area (Å²) in [6.07, 6.45) is 5.07. The average Bonchev–Trinajstić information content (AvgIpc) is 2.43. The van der Waals surface area contributed by atoms with Crippen LogP contribution in [0.2, 0.25) is 0 Å². The van der Waals surface area contributed by atoms with Crippen LogP contribution in [0.3, 0.4) is 0 Å². The highest BCUT2D eigenvalue weighted by atomic mass is 16.6. The summed E-state index contributed by atoms with van der Waals surface area (Å²) >= 11 is 0. The maximum absolute atomic E-state index is 12.0. The van der Waals surface area contributed by atoms with Crippen molar-refractivity contribution in [3.63, 3.8) is 0 Å². The Kier molecular flexibility index (Phi) is 7.85. The lowest BCUT2D eigenvalue weighted by Gasteiger charge is -2.33. The number of hydrogen-bond acceptors (Lipinski definition) is 3. The van der Waals surface area contributed by atoms with Gasteiger partial charge in [0, 0.05) is 19.6 Å². The van der Waals surface area contributed by atoms with Crippen LogP contribution in [0.25, 0.3) is 0 Å². The number of rotatable bonds is 6. The lowest BCUT2D eigenvalue weighted by molar-refractivity contribution is 0.0276. The van der Waals surface area contributed by atoms with Crippen LogP contribution in [-0.4, -0.2) is 42.8 Å². The molecule has 136 valence electrons. The Labute approximate surface area is 143 Å². The first-order chi connectivity index (χ1) is 10.6. The van der Waals surface area contributed by atoms with E-state index in [1.165, 1.54) is 25.7 Å². The number of amides is 1. The fraction of sp³-hybridized carbons (Fsp3) is 0.947. The molecule has 0 bridgehead atoms. The van der Waals surface area contributed by atoms with Crippen molar-refractivity contribution < 1.29 is 9.53 Å². The third kappa shape index (κ3) is 8.05. The molecule has 1 amide bonds. The summed E-state index contributed by atoms with van der Waals surface area (Å²) in [4.78, 5) is 13.7. The summed E-state index contributed by atoms with van der Waals surface area (Å²) in [7, 11) is 1.82. The van der Waals surface area contributed by atoms with E-state index >= 15 is 0 Å². The molecule has 23 heavy (non-hydrogen) atoms. The van der Waals surface area contributed by atoms with Gasteiger partial charge in [-0.3, -0.25) is 0 Å². The number of ether oxygens (including phenoxy) is 1. The van der Waals surface area contributed by atoms with Crippen LogP contribution in [-0.2, 0) is 4.74 Å². The van der Waals surface area contributed by atoms with Crippen molar-refractivity contribution in [1.29, 1.82) is 0 Å². The molecule has 1 aliphatic rings. The zero-order valence-electron chi connectivity index (χ0n) is 16.3. The van der Waals surface area contributed by atoms with E-state index in [-0.39, 0.29) is 6.09 Å². The summed E-state index contributed by atoms with van der Waals surface area (Å²) in [6.45, 7) is 14.3. The lowest BCUT2D eigenvalue weighted by atomic mass is 9.79. The quantitative estimate of drug-likeness (QED) is 0.791. The molecular weight excluding hydrogens is 288 g/mol. The molecule has 1 saturated carbocycles. The first-order valence-electron chi connectivity index (χ1n) is 9.26. The van der Waals surface area contributed by atoms with Crippen LogP contribution >= 0.6 is 0 Å². The van der Waals surface area contributed by atoms with E-state index in [0.29, 0.717) is 12.0 Å². The third-order valence-electron chi connectivity index (χ3n) is 4.70. The molecule has 1 N–H and O–H groups in total. The highest BCUT2D eigenvalue weighted by molar-refractivity contribution is 5.67. The number of hydrogen-bond donors (Lipinski definition) is 1. The van der Waals surface area contributed by atoms with E-state index in [4.69, 9.17) is 4.74 Å². The van der Waals surface area contributed by atoms with Crippen molar-refractivity contribution in [3.8, 4) is 0 Å². The minimum absolute atomic E-state index is 0.234. The van der Waals surface area contributed by atoms with E-state index in [2.05, 4.69) is 26.1 Å². The second-order valence-corrected chi connectivity index (χ2v) is 8.74. The van der Waals surface area contributed by atoms with Gasteiger partial charge in [-0.1, -0.05) is 33.6 Å². The van der Waals surface area contributed by atoms with Crippen LogP contribution < -0.4 is 5.32 Å². The number of nitrogens with zero attached hydrogens (tertiary/aromatic N) is 1. The highest BCUT2D eigenvalue weighted by Crippen LogP contribution is 2.29. The summed E-state index contributed by atoms with van der Waals surface area (Å²) in [6, 6.07) is 0.644.